The number of ether oxygens (including phenoxy) is 1. The Morgan fingerprint density at radius 3 is 2.64 bits per heavy atom. The largest absolute Gasteiger partial charge is 0.458 e. The molecule has 0 radical (unpaired) electrons. The third-order valence-corrected chi connectivity index (χ3v) is 3.69. The van der Waals surface area contributed by atoms with E-state index in [1.807, 2.05) is 31.2 Å². The summed E-state index contributed by atoms with van der Waals surface area (Å²) in [5, 5.41) is 11.6. The molecule has 5 heteroatoms. The first-order valence-corrected chi connectivity index (χ1v) is 6.86. The lowest BCUT2D eigenvalue weighted by Crippen LogP contribution is -2.04. The van der Waals surface area contributed by atoms with Crippen molar-refractivity contribution < 1.29 is 14.1 Å². The molecule has 1 heterocycles. The number of aryl methyl sites for hydroxylation is 1. The van der Waals surface area contributed by atoms with E-state index < -0.39 is 4.92 Å². The molecule has 1 atom stereocenters. The van der Waals surface area contributed by atoms with Gasteiger partial charge in [0.25, 0.3) is 5.69 Å². The molecule has 0 N–H and O–H groups in total. The van der Waals surface area contributed by atoms with E-state index in [9.17, 15) is 10.1 Å². The Kier molecular flexibility index (Phi) is 3.65. The van der Waals surface area contributed by atoms with E-state index in [2.05, 4.69) is 0 Å². The lowest BCUT2D eigenvalue weighted by atomic mass is 10.0. The van der Waals surface area contributed by atoms with Crippen molar-refractivity contribution in [1.29, 1.82) is 0 Å². The molecule has 3 rings (SSSR count). The second-order valence-corrected chi connectivity index (χ2v) is 5.10. The Morgan fingerprint density at radius 2 is 1.95 bits per heavy atom. The predicted octanol–water partition coefficient (Wildman–Crippen LogP) is 4.39. The first kappa shape index (κ1) is 14.3. The molecule has 3 aromatic rings. The molecule has 0 fully saturated rings. The van der Waals surface area contributed by atoms with E-state index >= 15 is 0 Å². The third kappa shape index (κ3) is 2.46. The van der Waals surface area contributed by atoms with Crippen molar-refractivity contribution in [3.63, 3.8) is 0 Å². The minimum atomic E-state index is -0.415. The Hall–Kier alpha value is -2.66. The molecule has 0 aliphatic heterocycles. The van der Waals surface area contributed by atoms with E-state index in [1.165, 1.54) is 12.1 Å². The van der Waals surface area contributed by atoms with Gasteiger partial charge in [-0.15, -0.1) is 0 Å². The van der Waals surface area contributed by atoms with Gasteiger partial charge in [0.15, 0.2) is 0 Å². The number of rotatable bonds is 4. The second kappa shape index (κ2) is 5.61. The molecule has 0 aliphatic carbocycles. The van der Waals surface area contributed by atoms with Gasteiger partial charge in [-0.3, -0.25) is 10.1 Å². The van der Waals surface area contributed by atoms with Gasteiger partial charge in [-0.1, -0.05) is 24.3 Å². The molecule has 1 unspecified atom stereocenters. The molecule has 2 aromatic carbocycles. The van der Waals surface area contributed by atoms with E-state index in [-0.39, 0.29) is 11.8 Å². The van der Waals surface area contributed by atoms with Crippen molar-refractivity contribution >= 4 is 16.7 Å². The topological polar surface area (TPSA) is 65.5 Å². The summed E-state index contributed by atoms with van der Waals surface area (Å²) in [5.41, 5.74) is 2.76. The number of nitro benzene ring substituents is 1. The van der Waals surface area contributed by atoms with Crippen LogP contribution in [0.4, 0.5) is 5.69 Å². The lowest BCUT2D eigenvalue weighted by molar-refractivity contribution is -0.384. The predicted molar refractivity (Wildman–Crippen MR) is 82.9 cm³/mol. The summed E-state index contributed by atoms with van der Waals surface area (Å²) in [6.07, 6.45) is -0.340. The average Bonchev–Trinajstić information content (AvgIpc) is 2.92. The van der Waals surface area contributed by atoms with Crippen LogP contribution in [-0.2, 0) is 4.74 Å². The van der Waals surface area contributed by atoms with Crippen molar-refractivity contribution in [1.82, 2.24) is 0 Å². The van der Waals surface area contributed by atoms with Gasteiger partial charge in [-0.2, -0.15) is 0 Å². The molecular formula is C17H15NO4. The number of nitrogens with zero attached hydrogens (tertiary/aromatic N) is 1. The zero-order chi connectivity index (χ0) is 15.7. The van der Waals surface area contributed by atoms with Crippen LogP contribution in [0.2, 0.25) is 0 Å². The average molecular weight is 297 g/mol. The summed E-state index contributed by atoms with van der Waals surface area (Å²) < 4.78 is 11.4. The van der Waals surface area contributed by atoms with Gasteiger partial charge in [0.05, 0.1) is 4.92 Å². The molecule has 22 heavy (non-hydrogen) atoms. The SMILES string of the molecule is COC(c1cc2cc([N+](=O)[O-])ccc2o1)c1ccccc1C. The molecule has 0 saturated heterocycles. The Bertz CT molecular complexity index is 838. The fraction of sp³-hybridized carbons (Fsp3) is 0.176. The molecule has 0 aliphatic rings. The van der Waals surface area contributed by atoms with Crippen molar-refractivity contribution in [2.45, 2.75) is 13.0 Å². The van der Waals surface area contributed by atoms with Gasteiger partial charge >= 0.3 is 0 Å². The number of methoxy groups -OCH3 is 1. The van der Waals surface area contributed by atoms with Crippen LogP contribution in [0.25, 0.3) is 11.0 Å². The third-order valence-electron chi connectivity index (χ3n) is 3.69. The molecule has 0 bridgehead atoms. The maximum absolute atomic E-state index is 10.9. The highest BCUT2D eigenvalue weighted by Crippen LogP contribution is 2.33. The summed E-state index contributed by atoms with van der Waals surface area (Å²) in [7, 11) is 1.62. The van der Waals surface area contributed by atoms with Crippen LogP contribution in [0, 0.1) is 17.0 Å². The van der Waals surface area contributed by atoms with E-state index in [0.29, 0.717) is 16.7 Å². The van der Waals surface area contributed by atoms with Crippen LogP contribution >= 0.6 is 0 Å². The molecule has 0 saturated carbocycles. The molecule has 1 aromatic heterocycles. The van der Waals surface area contributed by atoms with Crippen molar-refractivity contribution in [2.24, 2.45) is 0 Å². The molecular weight excluding hydrogens is 282 g/mol. The Balaban J connectivity index is 2.08. The summed E-state index contributed by atoms with van der Waals surface area (Å²) in [5.74, 6) is 0.632. The standard InChI is InChI=1S/C17H15NO4/c1-11-5-3-4-6-14(11)17(21-2)16-10-12-9-13(18(19)20)7-8-15(12)22-16/h3-10,17H,1-2H3. The summed E-state index contributed by atoms with van der Waals surface area (Å²) in [6, 6.07) is 14.3. The molecule has 0 spiro atoms. The fourth-order valence-electron chi connectivity index (χ4n) is 2.57. The quantitative estimate of drug-likeness (QED) is 0.529. The van der Waals surface area contributed by atoms with Crippen LogP contribution in [0.15, 0.2) is 52.9 Å². The molecule has 5 nitrogen and oxygen atoms in total. The minimum absolute atomic E-state index is 0.0460. The second-order valence-electron chi connectivity index (χ2n) is 5.10. The number of non-ortho nitro benzene ring substituents is 1. The molecule has 0 amide bonds. The Morgan fingerprint density at radius 1 is 1.18 bits per heavy atom. The van der Waals surface area contributed by atoms with E-state index in [4.69, 9.17) is 9.15 Å². The highest BCUT2D eigenvalue weighted by molar-refractivity contribution is 5.80. The zero-order valence-electron chi connectivity index (χ0n) is 12.3. The summed E-state index contributed by atoms with van der Waals surface area (Å²) >= 11 is 0. The Labute approximate surface area is 127 Å². The van der Waals surface area contributed by atoms with Gasteiger partial charge in [-0.25, -0.2) is 0 Å². The number of nitro groups is 1. The van der Waals surface area contributed by atoms with Crippen LogP contribution in [0.3, 0.4) is 0 Å². The van der Waals surface area contributed by atoms with Crippen LogP contribution in [0.5, 0.6) is 0 Å². The number of hydrogen-bond donors (Lipinski definition) is 0. The first-order chi connectivity index (χ1) is 10.6. The highest BCUT2D eigenvalue weighted by Gasteiger charge is 2.20. The van der Waals surface area contributed by atoms with E-state index in [0.717, 1.165) is 11.1 Å². The van der Waals surface area contributed by atoms with Gasteiger partial charge in [0.1, 0.15) is 17.4 Å². The van der Waals surface area contributed by atoms with Crippen LogP contribution in [0.1, 0.15) is 23.0 Å². The number of fused-ring (bicyclic) bond motifs is 1. The first-order valence-electron chi connectivity index (χ1n) is 6.86. The summed E-state index contributed by atoms with van der Waals surface area (Å²) in [6.45, 7) is 2.01. The molecule has 112 valence electrons. The number of hydrogen-bond acceptors (Lipinski definition) is 4. The van der Waals surface area contributed by atoms with Crippen molar-refractivity contribution in [3.05, 3.63) is 75.5 Å². The van der Waals surface area contributed by atoms with Gasteiger partial charge in [-0.05, 0) is 30.2 Å². The minimum Gasteiger partial charge on any atom is -0.458 e. The van der Waals surface area contributed by atoms with Crippen molar-refractivity contribution in [3.8, 4) is 0 Å². The van der Waals surface area contributed by atoms with Gasteiger partial charge in [0, 0.05) is 24.6 Å². The maximum atomic E-state index is 10.9. The van der Waals surface area contributed by atoms with Crippen molar-refractivity contribution in [2.75, 3.05) is 7.11 Å². The number of furan rings is 1. The normalized spacial score (nSPS) is 12.5. The van der Waals surface area contributed by atoms with E-state index in [1.54, 1.807) is 19.2 Å². The van der Waals surface area contributed by atoms with Gasteiger partial charge < -0.3 is 9.15 Å². The van der Waals surface area contributed by atoms with Crippen LogP contribution in [-0.4, -0.2) is 12.0 Å². The zero-order valence-corrected chi connectivity index (χ0v) is 12.3. The number of benzene rings is 2. The van der Waals surface area contributed by atoms with Crippen LogP contribution < -0.4 is 0 Å². The fourth-order valence-corrected chi connectivity index (χ4v) is 2.57. The highest BCUT2D eigenvalue weighted by atomic mass is 16.6. The van der Waals surface area contributed by atoms with Gasteiger partial charge in [0.2, 0.25) is 0 Å². The lowest BCUT2D eigenvalue weighted by Gasteiger charge is -2.15. The summed E-state index contributed by atoms with van der Waals surface area (Å²) in [4.78, 5) is 10.4. The maximum Gasteiger partial charge on any atom is 0.270 e. The monoisotopic (exact) mass is 297 g/mol. The smallest absolute Gasteiger partial charge is 0.270 e.